The number of rotatable bonds is 13. The van der Waals surface area contributed by atoms with Gasteiger partial charge in [-0.25, -0.2) is 32.5 Å². The van der Waals surface area contributed by atoms with Crippen molar-refractivity contribution in [1.29, 1.82) is 0 Å². The number of halogens is 2. The van der Waals surface area contributed by atoms with Crippen LogP contribution in [-0.4, -0.2) is 74.6 Å². The number of aryl methyl sites for hydroxylation is 1. The highest BCUT2D eigenvalue weighted by Gasteiger charge is 2.46. The van der Waals surface area contributed by atoms with Crippen molar-refractivity contribution in [2.45, 2.75) is 51.2 Å². The Balaban J connectivity index is 0.912. The maximum Gasteiger partial charge on any atom is 0.350 e. The van der Waals surface area contributed by atoms with E-state index in [0.717, 1.165) is 68.6 Å². The van der Waals surface area contributed by atoms with E-state index in [1.165, 1.54) is 34.2 Å². The van der Waals surface area contributed by atoms with E-state index in [9.17, 15) is 13.6 Å². The second kappa shape index (κ2) is 14.8. The van der Waals surface area contributed by atoms with Gasteiger partial charge in [-0.15, -0.1) is 0 Å². The summed E-state index contributed by atoms with van der Waals surface area (Å²) in [7, 11) is 0. The van der Waals surface area contributed by atoms with E-state index in [2.05, 4.69) is 44.0 Å². The van der Waals surface area contributed by atoms with Crippen molar-refractivity contribution in [3.63, 3.8) is 0 Å². The van der Waals surface area contributed by atoms with Gasteiger partial charge in [0.2, 0.25) is 5.79 Å². The van der Waals surface area contributed by atoms with Gasteiger partial charge in [0.25, 0.3) is 0 Å². The molecular formula is C36H40F2N8O4. The molecule has 2 saturated heterocycles. The van der Waals surface area contributed by atoms with Crippen LogP contribution >= 0.6 is 0 Å². The molecule has 0 spiro atoms. The number of piperazine rings is 1. The molecule has 2 fully saturated rings. The quantitative estimate of drug-likeness (QED) is 0.162. The minimum atomic E-state index is -1.51. The molecule has 4 heterocycles. The van der Waals surface area contributed by atoms with E-state index in [-0.39, 0.29) is 31.0 Å². The predicted molar refractivity (Wildman–Crippen MR) is 183 cm³/mol. The molecule has 0 unspecified atom stereocenters. The summed E-state index contributed by atoms with van der Waals surface area (Å²) in [5.41, 5.74) is 2.99. The molecule has 2 aromatic heterocycles. The zero-order valence-corrected chi connectivity index (χ0v) is 27.9. The van der Waals surface area contributed by atoms with Crippen LogP contribution < -0.4 is 20.2 Å². The first-order valence-electron chi connectivity index (χ1n) is 17.0. The zero-order valence-electron chi connectivity index (χ0n) is 27.9. The average Bonchev–Trinajstić information content (AvgIpc) is 3.89. The number of aromatic nitrogens is 6. The highest BCUT2D eigenvalue weighted by molar-refractivity contribution is 5.54. The van der Waals surface area contributed by atoms with E-state index < -0.39 is 23.5 Å². The molecule has 14 heteroatoms. The number of anilines is 2. The van der Waals surface area contributed by atoms with Gasteiger partial charge in [0.15, 0.2) is 0 Å². The molecule has 7 rings (SSSR count). The lowest BCUT2D eigenvalue weighted by atomic mass is 10.0. The zero-order chi connectivity index (χ0) is 34.5. The second-order valence-corrected chi connectivity index (χ2v) is 12.5. The molecule has 2 aliphatic heterocycles. The molecule has 0 amide bonds. The first kappa shape index (κ1) is 33.4. The van der Waals surface area contributed by atoms with Crippen molar-refractivity contribution in [2.75, 3.05) is 49.2 Å². The Morgan fingerprint density at radius 2 is 1.58 bits per heavy atom. The lowest BCUT2D eigenvalue weighted by Gasteiger charge is -2.37. The number of unbranched alkanes of at least 4 members (excludes halogenated alkanes) is 2. The number of benzene rings is 3. The summed E-state index contributed by atoms with van der Waals surface area (Å²) in [5, 5.41) is 8.39. The Hall–Kier alpha value is -5.08. The Labute approximate surface area is 288 Å². The molecule has 262 valence electrons. The molecule has 50 heavy (non-hydrogen) atoms. The van der Waals surface area contributed by atoms with Gasteiger partial charge in [-0.1, -0.05) is 19.8 Å². The molecule has 0 saturated carbocycles. The Morgan fingerprint density at radius 1 is 0.880 bits per heavy atom. The van der Waals surface area contributed by atoms with E-state index in [1.807, 2.05) is 36.4 Å². The fourth-order valence-electron chi connectivity index (χ4n) is 6.45. The first-order valence-corrected chi connectivity index (χ1v) is 17.0. The van der Waals surface area contributed by atoms with E-state index >= 15 is 0 Å². The molecule has 0 bridgehead atoms. The Bertz CT molecular complexity index is 1910. The third kappa shape index (κ3) is 7.26. The highest BCUT2D eigenvalue weighted by atomic mass is 19.1. The van der Waals surface area contributed by atoms with E-state index in [1.54, 1.807) is 10.9 Å². The normalized spacial score (nSPS) is 19.3. The second-order valence-electron chi connectivity index (χ2n) is 12.5. The summed E-state index contributed by atoms with van der Waals surface area (Å²) >= 11 is 0. The van der Waals surface area contributed by atoms with Gasteiger partial charge in [0.1, 0.15) is 55.6 Å². The predicted octanol–water partition coefficient (Wildman–Crippen LogP) is 4.77. The Morgan fingerprint density at radius 3 is 2.24 bits per heavy atom. The van der Waals surface area contributed by atoms with E-state index in [0.29, 0.717) is 12.3 Å². The SMILES string of the molecule is CCCCCn1ncn(-c2ccc(N3CCN(c4ccc(OC[C@@H]5CO[C@@](Cn6cncn6)(c6ccc(F)cc6F)O5)cc4)CC3)cc2)c1=O. The molecule has 5 aromatic rings. The molecule has 2 atom stereocenters. The van der Waals surface area contributed by atoms with Crippen molar-refractivity contribution in [3.05, 3.63) is 113 Å². The Kier molecular flexibility index (Phi) is 9.90. The van der Waals surface area contributed by atoms with Gasteiger partial charge in [0, 0.05) is 55.7 Å². The van der Waals surface area contributed by atoms with E-state index in [4.69, 9.17) is 14.2 Å². The van der Waals surface area contributed by atoms with Crippen molar-refractivity contribution in [1.82, 2.24) is 29.1 Å². The lowest BCUT2D eigenvalue weighted by molar-refractivity contribution is -0.192. The van der Waals surface area contributed by atoms with Crippen LogP contribution in [0.4, 0.5) is 20.2 Å². The summed E-state index contributed by atoms with van der Waals surface area (Å²) in [6, 6.07) is 19.3. The molecular weight excluding hydrogens is 646 g/mol. The summed E-state index contributed by atoms with van der Waals surface area (Å²) in [4.78, 5) is 21.4. The maximum absolute atomic E-state index is 14.9. The molecule has 0 radical (unpaired) electrons. The molecule has 2 aliphatic rings. The largest absolute Gasteiger partial charge is 0.491 e. The van der Waals surface area contributed by atoms with Crippen LogP contribution in [0.1, 0.15) is 31.7 Å². The monoisotopic (exact) mass is 686 g/mol. The average molecular weight is 687 g/mol. The molecule has 0 N–H and O–H groups in total. The van der Waals surface area contributed by atoms with Crippen LogP contribution in [0, 0.1) is 11.6 Å². The molecule has 3 aromatic carbocycles. The van der Waals surface area contributed by atoms with Crippen LogP contribution in [-0.2, 0) is 28.4 Å². The van der Waals surface area contributed by atoms with Gasteiger partial charge in [0.05, 0.1) is 12.3 Å². The molecule has 12 nitrogen and oxygen atoms in total. The minimum absolute atomic E-state index is 0.0341. The number of nitrogens with zero attached hydrogens (tertiary/aromatic N) is 8. The van der Waals surface area contributed by atoms with Crippen LogP contribution in [0.3, 0.4) is 0 Å². The van der Waals surface area contributed by atoms with Gasteiger partial charge >= 0.3 is 5.69 Å². The van der Waals surface area contributed by atoms with Crippen molar-refractivity contribution < 1.29 is 23.0 Å². The standard InChI is InChI=1S/C36H40F2N8O4/c1-2-3-4-15-46-35(47)45(26-41-46)30-8-6-28(7-9-30)42-16-18-43(19-17-42)29-10-12-31(13-11-29)48-21-32-22-49-36(50-32,23-44-25-39-24-40-44)33-14-5-27(37)20-34(33)38/h5-14,20,24-26,32H,2-4,15-19,21-23H2,1H3/t32-,36-/m1/s1. The van der Waals surface area contributed by atoms with Crippen molar-refractivity contribution in [2.24, 2.45) is 0 Å². The maximum atomic E-state index is 14.9. The number of hydrogen-bond donors (Lipinski definition) is 0. The minimum Gasteiger partial charge on any atom is -0.491 e. The third-order valence-electron chi connectivity index (χ3n) is 9.15. The molecule has 0 aliphatic carbocycles. The lowest BCUT2D eigenvalue weighted by Crippen LogP contribution is -2.46. The van der Waals surface area contributed by atoms with Crippen molar-refractivity contribution in [3.8, 4) is 11.4 Å². The number of hydrogen-bond acceptors (Lipinski definition) is 9. The number of ether oxygens (including phenoxy) is 3. The van der Waals surface area contributed by atoms with Crippen LogP contribution in [0.25, 0.3) is 5.69 Å². The third-order valence-corrected chi connectivity index (χ3v) is 9.15. The van der Waals surface area contributed by atoms with Gasteiger partial charge in [-0.3, -0.25) is 0 Å². The highest BCUT2D eigenvalue weighted by Crippen LogP contribution is 2.38. The van der Waals surface area contributed by atoms with Gasteiger partial charge in [-0.2, -0.15) is 10.2 Å². The fraction of sp³-hybridized carbons (Fsp3) is 0.389. The summed E-state index contributed by atoms with van der Waals surface area (Å²) in [5.74, 6) is -2.29. The summed E-state index contributed by atoms with van der Waals surface area (Å²) in [6.45, 7) is 6.56. The van der Waals surface area contributed by atoms with Gasteiger partial charge in [-0.05, 0) is 67.1 Å². The summed E-state index contributed by atoms with van der Waals surface area (Å²) < 4.78 is 51.5. The topological polar surface area (TPSA) is 105 Å². The van der Waals surface area contributed by atoms with Crippen LogP contribution in [0.5, 0.6) is 5.75 Å². The fourth-order valence-corrected chi connectivity index (χ4v) is 6.45. The summed E-state index contributed by atoms with van der Waals surface area (Å²) in [6.07, 6.45) is 7.07. The first-order chi connectivity index (χ1) is 24.4. The van der Waals surface area contributed by atoms with Crippen molar-refractivity contribution >= 4 is 11.4 Å². The van der Waals surface area contributed by atoms with Crippen LogP contribution in [0.15, 0.2) is 90.5 Å². The van der Waals surface area contributed by atoms with Crippen LogP contribution in [0.2, 0.25) is 0 Å². The smallest absolute Gasteiger partial charge is 0.350 e. The van der Waals surface area contributed by atoms with Gasteiger partial charge < -0.3 is 24.0 Å².